The van der Waals surface area contributed by atoms with E-state index in [0.717, 1.165) is 16.7 Å². The molecule has 1 heterocycles. The first-order valence-electron chi connectivity index (χ1n) is 9.51. The molecular weight excluding hydrogens is 356 g/mol. The number of nitrogens with zero attached hydrogens (tertiary/aromatic N) is 4. The molecule has 0 unspecified atom stereocenters. The van der Waals surface area contributed by atoms with Gasteiger partial charge in [-0.15, -0.1) is 0 Å². The maximum absolute atomic E-state index is 4.70. The number of rotatable bonds is 5. The van der Waals surface area contributed by atoms with Gasteiger partial charge < -0.3 is 4.90 Å². The lowest BCUT2D eigenvalue weighted by atomic mass is 10.1. The summed E-state index contributed by atoms with van der Waals surface area (Å²) in [4.78, 5) is 16.1. The first-order chi connectivity index (χ1) is 14.2. The second-order valence-corrected chi connectivity index (χ2v) is 6.89. The van der Waals surface area contributed by atoms with E-state index in [1.165, 1.54) is 5.69 Å². The van der Waals surface area contributed by atoms with Crippen molar-refractivity contribution in [2.24, 2.45) is 0 Å². The molecule has 4 nitrogen and oxygen atoms in total. The molecular formula is C25H22N4. The third-order valence-electron chi connectivity index (χ3n) is 4.55. The van der Waals surface area contributed by atoms with Crippen LogP contribution in [0.3, 0.4) is 0 Å². The van der Waals surface area contributed by atoms with E-state index in [2.05, 4.69) is 39.1 Å². The van der Waals surface area contributed by atoms with Crippen LogP contribution in [0.4, 0.5) is 5.69 Å². The van der Waals surface area contributed by atoms with E-state index in [9.17, 15) is 0 Å². The van der Waals surface area contributed by atoms with Gasteiger partial charge in [0.2, 0.25) is 0 Å². The fraction of sp³-hybridized carbons (Fsp3) is 0.0800. The minimum Gasteiger partial charge on any atom is -0.378 e. The molecule has 0 aliphatic rings. The lowest BCUT2D eigenvalue weighted by Gasteiger charge is -2.11. The van der Waals surface area contributed by atoms with Crippen molar-refractivity contribution in [1.82, 2.24) is 15.0 Å². The normalized spacial score (nSPS) is 11.0. The van der Waals surface area contributed by atoms with E-state index in [1.807, 2.05) is 86.9 Å². The molecule has 0 N–H and O–H groups in total. The summed E-state index contributed by atoms with van der Waals surface area (Å²) < 4.78 is 0. The van der Waals surface area contributed by atoms with Crippen molar-refractivity contribution in [2.45, 2.75) is 0 Å². The van der Waals surface area contributed by atoms with E-state index >= 15 is 0 Å². The maximum atomic E-state index is 4.70. The smallest absolute Gasteiger partial charge is 0.164 e. The van der Waals surface area contributed by atoms with Crippen molar-refractivity contribution in [3.05, 3.63) is 96.3 Å². The summed E-state index contributed by atoms with van der Waals surface area (Å²) in [7, 11) is 4.07. The predicted molar refractivity (Wildman–Crippen MR) is 120 cm³/mol. The minimum atomic E-state index is 0.634. The molecule has 0 saturated heterocycles. The predicted octanol–water partition coefficient (Wildman–Crippen LogP) is 5.44. The Balaban J connectivity index is 1.72. The number of anilines is 1. The Hall–Kier alpha value is -3.79. The van der Waals surface area contributed by atoms with Gasteiger partial charge in [-0.1, -0.05) is 78.9 Å². The molecule has 4 heteroatoms. The Morgan fingerprint density at radius 1 is 0.586 bits per heavy atom. The Labute approximate surface area is 171 Å². The summed E-state index contributed by atoms with van der Waals surface area (Å²) in [5.41, 5.74) is 4.20. The highest BCUT2D eigenvalue weighted by Crippen LogP contribution is 2.21. The first kappa shape index (κ1) is 18.6. The summed E-state index contributed by atoms with van der Waals surface area (Å²) in [6.45, 7) is 0. The van der Waals surface area contributed by atoms with Gasteiger partial charge >= 0.3 is 0 Å². The average Bonchev–Trinajstić information content (AvgIpc) is 2.79. The number of aromatic nitrogens is 3. The van der Waals surface area contributed by atoms with Crippen LogP contribution in [-0.2, 0) is 0 Å². The third kappa shape index (κ3) is 4.55. The second kappa shape index (κ2) is 8.48. The molecule has 142 valence electrons. The van der Waals surface area contributed by atoms with Crippen molar-refractivity contribution in [3.63, 3.8) is 0 Å². The molecule has 0 fully saturated rings. The Morgan fingerprint density at radius 3 is 1.59 bits per heavy atom. The standard InChI is InChI=1S/C25H22N4/c1-29(2)22-16-13-19(14-17-22)15-18-23-26-24(20-9-5-3-6-10-20)28-25(27-23)21-11-7-4-8-12-21/h3-18H,1-2H3. The largest absolute Gasteiger partial charge is 0.378 e. The van der Waals surface area contributed by atoms with Gasteiger partial charge in [-0.25, -0.2) is 15.0 Å². The molecule has 0 amide bonds. The number of hydrogen-bond donors (Lipinski definition) is 0. The van der Waals surface area contributed by atoms with Crippen LogP contribution in [0.5, 0.6) is 0 Å². The van der Waals surface area contributed by atoms with E-state index in [0.29, 0.717) is 17.5 Å². The SMILES string of the molecule is CN(C)c1ccc(C=Cc2nc(-c3ccccc3)nc(-c3ccccc3)n2)cc1. The van der Waals surface area contributed by atoms with Crippen molar-refractivity contribution in [2.75, 3.05) is 19.0 Å². The highest BCUT2D eigenvalue weighted by molar-refractivity contribution is 5.70. The van der Waals surface area contributed by atoms with E-state index in [1.54, 1.807) is 0 Å². The van der Waals surface area contributed by atoms with Crippen molar-refractivity contribution in [1.29, 1.82) is 0 Å². The van der Waals surface area contributed by atoms with E-state index in [-0.39, 0.29) is 0 Å². The molecule has 4 aromatic rings. The quantitative estimate of drug-likeness (QED) is 0.464. The number of hydrogen-bond acceptors (Lipinski definition) is 4. The third-order valence-corrected chi connectivity index (χ3v) is 4.55. The van der Waals surface area contributed by atoms with Crippen LogP contribution in [0.2, 0.25) is 0 Å². The summed E-state index contributed by atoms with van der Waals surface area (Å²) in [5.74, 6) is 1.97. The number of benzene rings is 3. The molecule has 4 rings (SSSR count). The maximum Gasteiger partial charge on any atom is 0.164 e. The molecule has 0 atom stereocenters. The summed E-state index contributed by atoms with van der Waals surface area (Å²) in [6, 6.07) is 28.3. The van der Waals surface area contributed by atoms with Crippen LogP contribution in [0.1, 0.15) is 11.4 Å². The van der Waals surface area contributed by atoms with Crippen LogP contribution in [0.15, 0.2) is 84.9 Å². The fourth-order valence-corrected chi connectivity index (χ4v) is 2.95. The van der Waals surface area contributed by atoms with Crippen LogP contribution < -0.4 is 4.90 Å². The van der Waals surface area contributed by atoms with Gasteiger partial charge in [-0.05, 0) is 23.8 Å². The van der Waals surface area contributed by atoms with Crippen molar-refractivity contribution < 1.29 is 0 Å². The van der Waals surface area contributed by atoms with Crippen LogP contribution >= 0.6 is 0 Å². The molecule has 0 radical (unpaired) electrons. The molecule has 0 saturated carbocycles. The summed E-state index contributed by atoms with van der Waals surface area (Å²) in [5, 5.41) is 0. The molecule has 0 spiro atoms. The van der Waals surface area contributed by atoms with Gasteiger partial charge in [0.05, 0.1) is 0 Å². The van der Waals surface area contributed by atoms with Gasteiger partial charge in [-0.3, -0.25) is 0 Å². The van der Waals surface area contributed by atoms with Crippen molar-refractivity contribution in [3.8, 4) is 22.8 Å². The zero-order valence-corrected chi connectivity index (χ0v) is 16.5. The molecule has 0 bridgehead atoms. The zero-order valence-electron chi connectivity index (χ0n) is 16.5. The molecule has 1 aromatic heterocycles. The van der Waals surface area contributed by atoms with Gasteiger partial charge in [0.25, 0.3) is 0 Å². The van der Waals surface area contributed by atoms with Crippen LogP contribution in [0, 0.1) is 0 Å². The Kier molecular flexibility index (Phi) is 5.43. The highest BCUT2D eigenvalue weighted by atomic mass is 15.1. The molecule has 29 heavy (non-hydrogen) atoms. The first-order valence-corrected chi connectivity index (χ1v) is 9.51. The van der Waals surface area contributed by atoms with Crippen molar-refractivity contribution >= 4 is 17.8 Å². The minimum absolute atomic E-state index is 0.634. The molecule has 0 aliphatic heterocycles. The summed E-state index contributed by atoms with van der Waals surface area (Å²) >= 11 is 0. The Morgan fingerprint density at radius 2 is 1.10 bits per heavy atom. The van der Waals surface area contributed by atoms with Crippen LogP contribution in [-0.4, -0.2) is 29.0 Å². The lowest BCUT2D eigenvalue weighted by molar-refractivity contribution is 1.05. The van der Waals surface area contributed by atoms with E-state index < -0.39 is 0 Å². The zero-order chi connectivity index (χ0) is 20.1. The van der Waals surface area contributed by atoms with E-state index in [4.69, 9.17) is 4.98 Å². The van der Waals surface area contributed by atoms with Gasteiger partial charge in [0.15, 0.2) is 17.5 Å². The van der Waals surface area contributed by atoms with Gasteiger partial charge in [0, 0.05) is 30.9 Å². The van der Waals surface area contributed by atoms with Gasteiger partial charge in [-0.2, -0.15) is 0 Å². The average molecular weight is 378 g/mol. The topological polar surface area (TPSA) is 41.9 Å². The van der Waals surface area contributed by atoms with Crippen LogP contribution in [0.25, 0.3) is 34.9 Å². The summed E-state index contributed by atoms with van der Waals surface area (Å²) in [6.07, 6.45) is 3.96. The molecule has 3 aromatic carbocycles. The highest BCUT2D eigenvalue weighted by Gasteiger charge is 2.08. The molecule has 0 aliphatic carbocycles. The lowest BCUT2D eigenvalue weighted by Crippen LogP contribution is -2.07. The van der Waals surface area contributed by atoms with Gasteiger partial charge in [0.1, 0.15) is 0 Å². The fourth-order valence-electron chi connectivity index (χ4n) is 2.95. The second-order valence-electron chi connectivity index (χ2n) is 6.89. The Bertz CT molecular complexity index is 1040. The monoisotopic (exact) mass is 378 g/mol.